The summed E-state index contributed by atoms with van der Waals surface area (Å²) < 4.78 is 12.0. The van der Waals surface area contributed by atoms with Crippen LogP contribution in [0, 0.1) is 11.3 Å². The van der Waals surface area contributed by atoms with E-state index >= 15 is 0 Å². The zero-order valence-electron chi connectivity index (χ0n) is 19.0. The number of ether oxygens (including phenoxy) is 2. The molecule has 0 unspecified atom stereocenters. The van der Waals surface area contributed by atoms with Gasteiger partial charge >= 0.3 is 0 Å². The molecule has 170 valence electrons. The first-order chi connectivity index (χ1) is 15.6. The van der Waals surface area contributed by atoms with Crippen LogP contribution in [0.1, 0.15) is 37.9 Å². The topological polar surface area (TPSA) is 42.0 Å². The van der Waals surface area contributed by atoms with E-state index in [9.17, 15) is 4.79 Å². The summed E-state index contributed by atoms with van der Waals surface area (Å²) in [6.45, 7) is 6.87. The zero-order valence-corrected chi connectivity index (χ0v) is 19.0. The Morgan fingerprint density at radius 2 is 1.69 bits per heavy atom. The smallest absolute Gasteiger partial charge is 0.260 e. The van der Waals surface area contributed by atoms with Gasteiger partial charge in [0.15, 0.2) is 6.61 Å². The summed E-state index contributed by atoms with van der Waals surface area (Å²) >= 11 is 0. The van der Waals surface area contributed by atoms with E-state index in [2.05, 4.69) is 42.2 Å². The van der Waals surface area contributed by atoms with Crippen molar-refractivity contribution in [3.63, 3.8) is 0 Å². The fourth-order valence-electron chi connectivity index (χ4n) is 5.84. The number of fused-ring (bicyclic) bond motifs is 1. The molecule has 4 atom stereocenters. The molecule has 2 saturated heterocycles. The molecular weight excluding hydrogens is 400 g/mol. The van der Waals surface area contributed by atoms with Crippen LogP contribution in [0.2, 0.25) is 0 Å². The van der Waals surface area contributed by atoms with Gasteiger partial charge < -0.3 is 14.4 Å². The Morgan fingerprint density at radius 1 is 1.00 bits per heavy atom. The maximum atomic E-state index is 12.6. The minimum absolute atomic E-state index is 0.0830. The average Bonchev–Trinajstić information content (AvgIpc) is 3.20. The van der Waals surface area contributed by atoms with Gasteiger partial charge in [0.2, 0.25) is 0 Å². The maximum Gasteiger partial charge on any atom is 0.260 e. The molecule has 0 aromatic heterocycles. The van der Waals surface area contributed by atoms with E-state index in [1.807, 2.05) is 35.2 Å². The number of rotatable bonds is 5. The Bertz CT molecular complexity index is 898. The molecule has 2 aromatic carbocycles. The predicted octanol–water partition coefficient (Wildman–Crippen LogP) is 4.16. The van der Waals surface area contributed by atoms with E-state index < -0.39 is 0 Å². The van der Waals surface area contributed by atoms with Gasteiger partial charge in [0.05, 0.1) is 12.7 Å². The summed E-state index contributed by atoms with van der Waals surface area (Å²) in [6.07, 6.45) is 3.79. The van der Waals surface area contributed by atoms with Gasteiger partial charge in [-0.15, -0.1) is 0 Å². The number of amides is 1. The summed E-state index contributed by atoms with van der Waals surface area (Å²) in [5, 5.41) is 0. The van der Waals surface area contributed by atoms with Crippen molar-refractivity contribution in [1.29, 1.82) is 0 Å². The monoisotopic (exact) mass is 434 g/mol. The average molecular weight is 435 g/mol. The van der Waals surface area contributed by atoms with Crippen LogP contribution in [0.25, 0.3) is 0 Å². The van der Waals surface area contributed by atoms with E-state index in [0.29, 0.717) is 12.0 Å². The van der Waals surface area contributed by atoms with Crippen LogP contribution < -0.4 is 4.74 Å². The van der Waals surface area contributed by atoms with Crippen LogP contribution in [-0.2, 0) is 9.53 Å². The number of para-hydroxylation sites is 1. The normalized spacial score (nSPS) is 30.7. The van der Waals surface area contributed by atoms with Crippen molar-refractivity contribution in [3.05, 3.63) is 66.2 Å². The molecule has 0 N–H and O–H groups in total. The molecule has 32 heavy (non-hydrogen) atoms. The Morgan fingerprint density at radius 3 is 2.41 bits per heavy atom. The Balaban J connectivity index is 1.12. The van der Waals surface area contributed by atoms with Crippen molar-refractivity contribution in [2.45, 2.75) is 38.3 Å². The second kappa shape index (κ2) is 9.24. The standard InChI is InChI=1S/C27H34N2O3/c1-27-18-23(16-22(27)17-25(32-20-27)21-8-4-2-5-9-21)28-12-14-29(15-13-28)26(30)19-31-24-10-6-3-7-11-24/h2-11,22-23,25H,12-20H2,1H3/t22-,23-,25-,27+/m0/s1. The molecule has 0 radical (unpaired) electrons. The highest BCUT2D eigenvalue weighted by Crippen LogP contribution is 2.52. The van der Waals surface area contributed by atoms with E-state index in [0.717, 1.165) is 45.0 Å². The molecule has 0 spiro atoms. The van der Waals surface area contributed by atoms with Crippen LogP contribution in [0.15, 0.2) is 60.7 Å². The van der Waals surface area contributed by atoms with Gasteiger partial charge in [-0.1, -0.05) is 55.5 Å². The van der Waals surface area contributed by atoms with Crippen molar-refractivity contribution in [2.75, 3.05) is 39.4 Å². The first-order valence-electron chi connectivity index (χ1n) is 12.0. The number of carbonyl (C=O) groups is 1. The number of nitrogens with zero attached hydrogens (tertiary/aromatic N) is 2. The molecule has 3 fully saturated rings. The number of carbonyl (C=O) groups excluding carboxylic acids is 1. The lowest BCUT2D eigenvalue weighted by molar-refractivity contribution is -0.135. The van der Waals surface area contributed by atoms with Crippen molar-refractivity contribution in [3.8, 4) is 5.75 Å². The van der Waals surface area contributed by atoms with Gasteiger partial charge in [-0.05, 0) is 48.3 Å². The van der Waals surface area contributed by atoms with Gasteiger partial charge in [-0.25, -0.2) is 0 Å². The summed E-state index contributed by atoms with van der Waals surface area (Å²) in [6, 6.07) is 20.8. The molecule has 2 aliphatic heterocycles. The lowest BCUT2D eigenvalue weighted by Gasteiger charge is -2.40. The van der Waals surface area contributed by atoms with Crippen LogP contribution >= 0.6 is 0 Å². The van der Waals surface area contributed by atoms with Crippen LogP contribution in [0.4, 0.5) is 0 Å². The van der Waals surface area contributed by atoms with E-state index in [1.54, 1.807) is 0 Å². The number of hydrogen-bond acceptors (Lipinski definition) is 4. The third-order valence-corrected chi connectivity index (χ3v) is 7.82. The van der Waals surface area contributed by atoms with E-state index in [1.165, 1.54) is 18.4 Å². The lowest BCUT2D eigenvalue weighted by Crippen LogP contribution is -2.52. The van der Waals surface area contributed by atoms with Crippen LogP contribution in [0.3, 0.4) is 0 Å². The highest BCUT2D eigenvalue weighted by molar-refractivity contribution is 5.77. The lowest BCUT2D eigenvalue weighted by atomic mass is 9.75. The third-order valence-electron chi connectivity index (χ3n) is 7.82. The minimum Gasteiger partial charge on any atom is -0.484 e. The van der Waals surface area contributed by atoms with Crippen molar-refractivity contribution in [1.82, 2.24) is 9.80 Å². The van der Waals surface area contributed by atoms with Gasteiger partial charge in [0.1, 0.15) is 5.75 Å². The first kappa shape index (κ1) is 21.5. The fraction of sp³-hybridized carbons (Fsp3) is 0.519. The molecule has 5 nitrogen and oxygen atoms in total. The van der Waals surface area contributed by atoms with Gasteiger partial charge in [0.25, 0.3) is 5.91 Å². The Hall–Kier alpha value is -2.37. The van der Waals surface area contributed by atoms with Crippen molar-refractivity contribution < 1.29 is 14.3 Å². The predicted molar refractivity (Wildman–Crippen MR) is 124 cm³/mol. The third kappa shape index (κ3) is 4.55. The number of benzene rings is 2. The molecule has 5 rings (SSSR count). The molecule has 2 aromatic rings. The molecule has 1 aliphatic carbocycles. The van der Waals surface area contributed by atoms with Crippen LogP contribution in [-0.4, -0.2) is 61.1 Å². The molecule has 0 bridgehead atoms. The molecule has 1 saturated carbocycles. The highest BCUT2D eigenvalue weighted by atomic mass is 16.5. The molecule has 5 heteroatoms. The SMILES string of the molecule is C[C@@]12CO[C@H](c3ccccc3)C[C@@H]1C[C@H](N1CCN(C(=O)COc3ccccc3)CC1)C2. The van der Waals surface area contributed by atoms with Gasteiger partial charge in [-0.3, -0.25) is 9.69 Å². The maximum absolute atomic E-state index is 12.6. The quantitative estimate of drug-likeness (QED) is 0.709. The summed E-state index contributed by atoms with van der Waals surface area (Å²) in [5.41, 5.74) is 1.58. The van der Waals surface area contributed by atoms with E-state index in [4.69, 9.17) is 9.47 Å². The molecular formula is C27H34N2O3. The fourth-order valence-corrected chi connectivity index (χ4v) is 5.84. The van der Waals surface area contributed by atoms with Crippen LogP contribution in [0.5, 0.6) is 5.75 Å². The van der Waals surface area contributed by atoms with Crippen molar-refractivity contribution >= 4 is 5.91 Å². The molecule has 2 heterocycles. The van der Waals surface area contributed by atoms with Gasteiger partial charge in [0, 0.05) is 32.2 Å². The Kier molecular flexibility index (Phi) is 6.20. The summed E-state index contributed by atoms with van der Waals surface area (Å²) in [5.74, 6) is 1.53. The van der Waals surface area contributed by atoms with E-state index in [-0.39, 0.29) is 24.0 Å². The minimum atomic E-state index is 0.0830. The number of piperazine rings is 1. The van der Waals surface area contributed by atoms with Crippen molar-refractivity contribution in [2.24, 2.45) is 11.3 Å². The second-order valence-electron chi connectivity index (χ2n) is 9.91. The molecule has 1 amide bonds. The van der Waals surface area contributed by atoms with Gasteiger partial charge in [-0.2, -0.15) is 0 Å². The second-order valence-corrected chi connectivity index (χ2v) is 9.91. The summed E-state index contributed by atoms with van der Waals surface area (Å²) in [4.78, 5) is 17.2. The highest BCUT2D eigenvalue weighted by Gasteiger charge is 2.49. The Labute approximate surface area is 191 Å². The molecule has 3 aliphatic rings. The zero-order chi connectivity index (χ0) is 22.0. The first-order valence-corrected chi connectivity index (χ1v) is 12.0. The summed E-state index contributed by atoms with van der Waals surface area (Å²) in [7, 11) is 0. The number of hydrogen-bond donors (Lipinski definition) is 0. The largest absolute Gasteiger partial charge is 0.484 e.